The van der Waals surface area contributed by atoms with Crippen LogP contribution in [-0.2, 0) is 55.8 Å². The summed E-state index contributed by atoms with van der Waals surface area (Å²) >= 11 is 0. The van der Waals surface area contributed by atoms with Gasteiger partial charge in [0.2, 0.25) is 0 Å². The van der Waals surface area contributed by atoms with Gasteiger partial charge in [-0.1, -0.05) is 223 Å². The molecular formula is C67H122O16P2. The summed E-state index contributed by atoms with van der Waals surface area (Å²) in [5, 5.41) is 20.5. The molecule has 18 heteroatoms. The molecule has 0 fully saturated rings. The molecule has 0 bridgehead atoms. The lowest BCUT2D eigenvalue weighted by Gasteiger charge is -2.21. The Morgan fingerprint density at radius 3 is 0.965 bits per heavy atom. The zero-order valence-corrected chi connectivity index (χ0v) is 55.3. The van der Waals surface area contributed by atoms with Crippen molar-refractivity contribution in [3.63, 3.8) is 0 Å². The standard InChI is InChI=1S/C67H122O16P2/c1-4-7-10-13-16-19-22-25-28-29-30-31-34-36-38-41-44-47-50-53-65(70)77-56-62(68)57-79-84(73,74)80-58-63(69)59-81-85(75,76)82-61-64(83-67(72)55-52-49-46-43-40-37-33-27-24-21-18-15-12-9-6-3)60-78-66(71)54-51-48-45-42-39-35-32-26-23-20-17-14-11-8-5-2/h16,19,25-28,30-33,62-64,68-69H,4-15,17-18,20-24,29,34-61H2,1-3H3,(H,73,74)(H,75,76)/b19-16-,28-25-,31-30-,32-26-,33-27-. The van der Waals surface area contributed by atoms with Gasteiger partial charge in [0.05, 0.1) is 26.4 Å². The molecule has 0 saturated heterocycles. The molecule has 496 valence electrons. The summed E-state index contributed by atoms with van der Waals surface area (Å²) in [6, 6.07) is 0. The highest BCUT2D eigenvalue weighted by Crippen LogP contribution is 2.45. The van der Waals surface area contributed by atoms with E-state index in [0.29, 0.717) is 19.3 Å². The van der Waals surface area contributed by atoms with Crippen molar-refractivity contribution in [2.24, 2.45) is 0 Å². The van der Waals surface area contributed by atoms with E-state index in [0.717, 1.165) is 128 Å². The highest BCUT2D eigenvalue weighted by Gasteiger charge is 2.29. The van der Waals surface area contributed by atoms with E-state index >= 15 is 0 Å². The molecule has 0 saturated carbocycles. The highest BCUT2D eigenvalue weighted by molar-refractivity contribution is 7.47. The number of esters is 3. The van der Waals surface area contributed by atoms with Crippen molar-refractivity contribution in [3.8, 4) is 0 Å². The molecule has 0 aliphatic heterocycles. The predicted octanol–water partition coefficient (Wildman–Crippen LogP) is 18.2. The summed E-state index contributed by atoms with van der Waals surface area (Å²) in [7, 11) is -9.77. The van der Waals surface area contributed by atoms with E-state index in [1.807, 2.05) is 0 Å². The lowest BCUT2D eigenvalue weighted by molar-refractivity contribution is -0.161. The van der Waals surface area contributed by atoms with Crippen LogP contribution in [0.1, 0.15) is 290 Å². The summed E-state index contributed by atoms with van der Waals surface area (Å²) in [6.07, 6.45) is 61.2. The molecule has 4 N–H and O–H groups in total. The van der Waals surface area contributed by atoms with E-state index in [4.69, 9.17) is 32.3 Å². The van der Waals surface area contributed by atoms with Crippen molar-refractivity contribution in [1.29, 1.82) is 0 Å². The summed E-state index contributed by atoms with van der Waals surface area (Å²) in [4.78, 5) is 58.3. The van der Waals surface area contributed by atoms with Gasteiger partial charge in [-0.15, -0.1) is 0 Å². The molecule has 5 atom stereocenters. The van der Waals surface area contributed by atoms with E-state index in [1.54, 1.807) is 0 Å². The third-order valence-electron chi connectivity index (χ3n) is 14.2. The second-order valence-corrected chi connectivity index (χ2v) is 25.5. The number of allylic oxidation sites excluding steroid dienone is 10. The number of carbonyl (C=O) groups excluding carboxylic acids is 3. The molecule has 0 aromatic rings. The number of rotatable bonds is 64. The van der Waals surface area contributed by atoms with E-state index in [9.17, 15) is 43.5 Å². The Labute approximate surface area is 516 Å². The van der Waals surface area contributed by atoms with E-state index in [1.165, 1.54) is 103 Å². The molecule has 0 amide bonds. The number of hydrogen-bond donors (Lipinski definition) is 4. The first-order valence-corrected chi connectivity index (χ1v) is 36.6. The molecule has 0 heterocycles. The molecule has 0 aliphatic rings. The smallest absolute Gasteiger partial charge is 0.463 e. The first kappa shape index (κ1) is 82.2. The minimum Gasteiger partial charge on any atom is -0.463 e. The van der Waals surface area contributed by atoms with Crippen molar-refractivity contribution < 1.29 is 75.8 Å². The fourth-order valence-electron chi connectivity index (χ4n) is 8.98. The predicted molar refractivity (Wildman–Crippen MR) is 344 cm³/mol. The first-order valence-electron chi connectivity index (χ1n) is 33.6. The minimum absolute atomic E-state index is 0.0957. The lowest BCUT2D eigenvalue weighted by atomic mass is 10.1. The summed E-state index contributed by atoms with van der Waals surface area (Å²) in [6.45, 7) is 2.62. The van der Waals surface area contributed by atoms with Gasteiger partial charge in [-0.25, -0.2) is 9.13 Å². The van der Waals surface area contributed by atoms with Gasteiger partial charge in [0.25, 0.3) is 0 Å². The molecule has 0 aromatic carbocycles. The van der Waals surface area contributed by atoms with Gasteiger partial charge in [0.15, 0.2) is 6.10 Å². The minimum atomic E-state index is -4.92. The number of carbonyl (C=O) groups is 3. The van der Waals surface area contributed by atoms with Crippen LogP contribution >= 0.6 is 15.6 Å². The van der Waals surface area contributed by atoms with Gasteiger partial charge in [-0.05, 0) is 109 Å². The van der Waals surface area contributed by atoms with Crippen LogP contribution in [0.15, 0.2) is 60.8 Å². The Balaban J connectivity index is 4.66. The van der Waals surface area contributed by atoms with Crippen LogP contribution in [0, 0.1) is 0 Å². The van der Waals surface area contributed by atoms with Crippen molar-refractivity contribution in [2.75, 3.05) is 39.6 Å². The van der Waals surface area contributed by atoms with Gasteiger partial charge in [0.1, 0.15) is 25.4 Å². The SMILES string of the molecule is CCCCC/C=C\C/C=C\C/C=C\CCCCCCCCC(=O)OCC(O)COP(=O)(O)OCC(O)COP(=O)(O)OCC(COC(=O)CCCCCCC/C=C\CCCCCCCC)OC(=O)CCCCCCC/C=C\CCCCCCCC. The summed E-state index contributed by atoms with van der Waals surface area (Å²) in [5.74, 6) is -1.59. The molecule has 0 aromatic heterocycles. The Bertz CT molecular complexity index is 1800. The highest BCUT2D eigenvalue weighted by atomic mass is 31.2. The third-order valence-corrected chi connectivity index (χ3v) is 16.1. The maximum atomic E-state index is 12.9. The Morgan fingerprint density at radius 2 is 0.588 bits per heavy atom. The topological polar surface area (TPSA) is 231 Å². The van der Waals surface area contributed by atoms with Crippen molar-refractivity contribution >= 4 is 33.6 Å². The molecule has 85 heavy (non-hydrogen) atoms. The number of aliphatic hydroxyl groups is 2. The number of ether oxygens (including phenoxy) is 3. The monoisotopic (exact) mass is 1240 g/mol. The van der Waals surface area contributed by atoms with Crippen LogP contribution in [0.4, 0.5) is 0 Å². The number of phosphoric ester groups is 2. The molecule has 0 rings (SSSR count). The normalized spacial score (nSPS) is 14.7. The van der Waals surface area contributed by atoms with Gasteiger partial charge < -0.3 is 34.2 Å². The average molecular weight is 1250 g/mol. The van der Waals surface area contributed by atoms with Crippen molar-refractivity contribution in [3.05, 3.63) is 60.8 Å². The molecular weight excluding hydrogens is 1120 g/mol. The molecule has 5 unspecified atom stereocenters. The van der Waals surface area contributed by atoms with Gasteiger partial charge in [-0.3, -0.25) is 32.5 Å². The van der Waals surface area contributed by atoms with Crippen LogP contribution in [0.25, 0.3) is 0 Å². The second kappa shape index (κ2) is 61.5. The van der Waals surface area contributed by atoms with Crippen LogP contribution in [0.5, 0.6) is 0 Å². The van der Waals surface area contributed by atoms with Crippen LogP contribution in [0.2, 0.25) is 0 Å². The second-order valence-electron chi connectivity index (χ2n) is 22.6. The van der Waals surface area contributed by atoms with E-state index in [2.05, 4.69) is 81.5 Å². The Hall–Kier alpha value is -2.75. The number of hydrogen-bond acceptors (Lipinski definition) is 14. The largest absolute Gasteiger partial charge is 0.472 e. The molecule has 16 nitrogen and oxygen atoms in total. The van der Waals surface area contributed by atoms with Crippen LogP contribution < -0.4 is 0 Å². The zero-order valence-electron chi connectivity index (χ0n) is 53.5. The number of unbranched alkanes of at least 4 members (excludes halogenated alkanes) is 31. The van der Waals surface area contributed by atoms with Crippen molar-refractivity contribution in [1.82, 2.24) is 0 Å². The average Bonchev–Trinajstić information content (AvgIpc) is 3.52. The van der Waals surface area contributed by atoms with Crippen molar-refractivity contribution in [2.45, 2.75) is 309 Å². The Morgan fingerprint density at radius 1 is 0.329 bits per heavy atom. The first-order chi connectivity index (χ1) is 41.2. The zero-order chi connectivity index (χ0) is 62.4. The molecule has 0 spiro atoms. The molecule has 0 aliphatic carbocycles. The van der Waals surface area contributed by atoms with E-state index in [-0.39, 0.29) is 19.3 Å². The maximum Gasteiger partial charge on any atom is 0.472 e. The fraction of sp³-hybridized carbons (Fsp3) is 0.806. The third kappa shape index (κ3) is 62.7. The summed E-state index contributed by atoms with van der Waals surface area (Å²) in [5.41, 5.74) is 0. The fourth-order valence-corrected chi connectivity index (χ4v) is 10.6. The quantitative estimate of drug-likeness (QED) is 0.0146. The van der Waals surface area contributed by atoms with Gasteiger partial charge >= 0.3 is 33.6 Å². The lowest BCUT2D eigenvalue weighted by Crippen LogP contribution is -2.30. The van der Waals surface area contributed by atoms with Crippen LogP contribution in [0.3, 0.4) is 0 Å². The summed E-state index contributed by atoms with van der Waals surface area (Å²) < 4.78 is 60.8. The van der Waals surface area contributed by atoms with Gasteiger partial charge in [0, 0.05) is 19.3 Å². The maximum absolute atomic E-state index is 12.9. The van der Waals surface area contributed by atoms with E-state index < -0.39 is 91.5 Å². The number of phosphoric acid groups is 2. The van der Waals surface area contributed by atoms with Crippen LogP contribution in [-0.4, -0.2) is 95.9 Å². The number of aliphatic hydroxyl groups excluding tert-OH is 2. The Kier molecular flexibility index (Phi) is 59.5. The van der Waals surface area contributed by atoms with Gasteiger partial charge in [-0.2, -0.15) is 0 Å². The molecule has 0 radical (unpaired) electrons.